The number of rotatable bonds is 18. The van der Waals surface area contributed by atoms with E-state index in [-0.39, 0.29) is 50.1 Å². The van der Waals surface area contributed by atoms with Crippen molar-refractivity contribution in [2.45, 2.75) is 94.9 Å². The Morgan fingerprint density at radius 3 is 2.02 bits per heavy atom. The van der Waals surface area contributed by atoms with Crippen molar-refractivity contribution in [1.29, 1.82) is 0 Å². The first-order chi connectivity index (χ1) is 23.8. The highest BCUT2D eigenvalue weighted by atomic mass is 16.5. The fourth-order valence-corrected chi connectivity index (χ4v) is 6.13. The quantitative estimate of drug-likeness (QED) is 0.0973. The van der Waals surface area contributed by atoms with Crippen LogP contribution in [-0.4, -0.2) is 90.9 Å². The summed E-state index contributed by atoms with van der Waals surface area (Å²) in [7, 11) is 1.25. The van der Waals surface area contributed by atoms with E-state index < -0.39 is 53.4 Å². The third-order valence-electron chi connectivity index (χ3n) is 9.19. The van der Waals surface area contributed by atoms with Crippen LogP contribution in [0.4, 0.5) is 0 Å². The van der Waals surface area contributed by atoms with E-state index in [4.69, 9.17) is 21.9 Å². The van der Waals surface area contributed by atoms with Crippen LogP contribution in [0, 0.1) is 5.92 Å². The van der Waals surface area contributed by atoms with E-state index in [9.17, 15) is 24.0 Å². The number of nitrogens with two attached hydrogens (primary N) is 3. The molecule has 0 radical (unpaired) electrons. The Morgan fingerprint density at radius 1 is 0.840 bits per heavy atom. The van der Waals surface area contributed by atoms with Gasteiger partial charge in [-0.2, -0.15) is 0 Å². The number of nitrogens with one attached hydrogen (secondary N) is 3. The Kier molecular flexibility index (Phi) is 15.4. The lowest BCUT2D eigenvalue weighted by Gasteiger charge is -2.29. The van der Waals surface area contributed by atoms with Crippen molar-refractivity contribution < 1.29 is 28.7 Å². The molecule has 6 atom stereocenters. The molecule has 3 rings (SSSR count). The lowest BCUT2D eigenvalue weighted by molar-refractivity contribution is -0.147. The molecule has 1 unspecified atom stereocenters. The zero-order valence-electron chi connectivity index (χ0n) is 29.7. The van der Waals surface area contributed by atoms with Gasteiger partial charge in [-0.25, -0.2) is 4.79 Å². The van der Waals surface area contributed by atoms with Gasteiger partial charge in [-0.05, 0) is 55.7 Å². The molecular formula is C37H55N7O6. The summed E-state index contributed by atoms with van der Waals surface area (Å²) in [5.41, 5.74) is 18.7. The van der Waals surface area contributed by atoms with E-state index in [1.54, 1.807) is 0 Å². The molecule has 2 aromatic carbocycles. The first kappa shape index (κ1) is 40.1. The Labute approximate surface area is 295 Å². The van der Waals surface area contributed by atoms with Crippen LogP contribution in [0.3, 0.4) is 0 Å². The number of benzene rings is 2. The molecule has 0 saturated carbocycles. The summed E-state index contributed by atoms with van der Waals surface area (Å²) < 4.78 is 4.84. The monoisotopic (exact) mass is 693 g/mol. The average Bonchev–Trinajstić information content (AvgIpc) is 3.52. The summed E-state index contributed by atoms with van der Waals surface area (Å²) in [4.78, 5) is 68.8. The highest BCUT2D eigenvalue weighted by Gasteiger charge is 2.45. The Bertz CT molecular complexity index is 1430. The van der Waals surface area contributed by atoms with Crippen LogP contribution in [0.2, 0.25) is 0 Å². The zero-order chi connectivity index (χ0) is 36.8. The minimum Gasteiger partial charge on any atom is -0.468 e. The molecule has 0 spiro atoms. The molecule has 1 saturated heterocycles. The van der Waals surface area contributed by atoms with Crippen molar-refractivity contribution in [2.24, 2.45) is 23.1 Å². The Balaban J connectivity index is 1.80. The van der Waals surface area contributed by atoms with E-state index in [0.29, 0.717) is 25.8 Å². The summed E-state index contributed by atoms with van der Waals surface area (Å²) in [6.45, 7) is 6.29. The van der Waals surface area contributed by atoms with Crippen LogP contribution in [-0.2, 0) is 35.1 Å². The number of unbranched alkanes of at least 4 members (excludes halogenated alkanes) is 1. The summed E-state index contributed by atoms with van der Waals surface area (Å²) >= 11 is 0. The van der Waals surface area contributed by atoms with Gasteiger partial charge in [-0.3, -0.25) is 19.2 Å². The number of carbonyl (C=O) groups excluding carboxylic acids is 5. The van der Waals surface area contributed by atoms with Crippen molar-refractivity contribution in [3.8, 4) is 0 Å². The molecule has 0 bridgehead atoms. The Morgan fingerprint density at radius 2 is 1.42 bits per heavy atom. The largest absolute Gasteiger partial charge is 0.468 e. The molecule has 4 amide bonds. The molecule has 50 heavy (non-hydrogen) atoms. The molecule has 1 fully saturated rings. The van der Waals surface area contributed by atoms with Crippen LogP contribution in [0.1, 0.15) is 69.9 Å². The lowest BCUT2D eigenvalue weighted by atomic mass is 9.93. The van der Waals surface area contributed by atoms with Gasteiger partial charge in [0.2, 0.25) is 23.6 Å². The predicted molar refractivity (Wildman–Crippen MR) is 191 cm³/mol. The van der Waals surface area contributed by atoms with Crippen molar-refractivity contribution in [2.75, 3.05) is 26.7 Å². The molecular weight excluding hydrogens is 638 g/mol. The number of amides is 4. The molecule has 1 aliphatic rings. The zero-order valence-corrected chi connectivity index (χ0v) is 29.7. The van der Waals surface area contributed by atoms with E-state index >= 15 is 0 Å². The van der Waals surface area contributed by atoms with E-state index in [1.165, 1.54) is 12.0 Å². The second kappa shape index (κ2) is 19.2. The minimum absolute atomic E-state index is 0.00348. The van der Waals surface area contributed by atoms with Gasteiger partial charge in [-0.1, -0.05) is 81.4 Å². The summed E-state index contributed by atoms with van der Waals surface area (Å²) in [5.74, 6) is -2.90. The molecule has 1 heterocycles. The van der Waals surface area contributed by atoms with Crippen molar-refractivity contribution in [3.05, 3.63) is 71.8 Å². The van der Waals surface area contributed by atoms with Crippen molar-refractivity contribution >= 4 is 29.6 Å². The molecule has 1 aliphatic heterocycles. The summed E-state index contributed by atoms with van der Waals surface area (Å²) in [6, 6.07) is 14.7. The van der Waals surface area contributed by atoms with Gasteiger partial charge < -0.3 is 42.8 Å². The molecule has 13 nitrogen and oxygen atoms in total. The number of nitrogens with zero attached hydrogens (tertiary/aromatic N) is 1. The van der Waals surface area contributed by atoms with Crippen molar-refractivity contribution in [3.63, 3.8) is 0 Å². The molecule has 13 heteroatoms. The highest BCUT2D eigenvalue weighted by Crippen LogP contribution is 2.22. The number of ether oxygens (including phenoxy) is 1. The number of likely N-dealkylation sites (tertiary alicyclic amines) is 1. The number of hydrogen-bond acceptors (Lipinski definition) is 9. The summed E-state index contributed by atoms with van der Waals surface area (Å²) in [6.07, 6.45) is 2.18. The third kappa shape index (κ3) is 11.4. The maximum atomic E-state index is 14.0. The highest BCUT2D eigenvalue weighted by molar-refractivity contribution is 5.95. The molecule has 274 valence electrons. The van der Waals surface area contributed by atoms with Crippen LogP contribution in [0.25, 0.3) is 0 Å². The first-order valence-electron chi connectivity index (χ1n) is 17.4. The predicted octanol–water partition coefficient (Wildman–Crippen LogP) is 1.09. The average molecular weight is 694 g/mol. The molecule has 2 aromatic rings. The maximum Gasteiger partial charge on any atom is 0.327 e. The Hall–Kier alpha value is -4.33. The smallest absolute Gasteiger partial charge is 0.327 e. The van der Waals surface area contributed by atoms with Crippen LogP contribution < -0.4 is 33.2 Å². The number of methoxy groups -OCH3 is 1. The van der Waals surface area contributed by atoms with Gasteiger partial charge in [0.15, 0.2) is 0 Å². The number of carbonyl (C=O) groups is 5. The fraction of sp³-hybridized carbons (Fsp3) is 0.541. The molecule has 0 aliphatic carbocycles. The van der Waals surface area contributed by atoms with Gasteiger partial charge in [0.25, 0.3) is 0 Å². The standard InChI is InChI=1S/C37H55N7O6/c1-24(2)21-29(32(45)41-28(17-11-12-19-38)35(48)44-20-18-37(40,23-44)36(49)50-4)42-33(46)30(22-26-13-7-5-8-14-26)43-34(47)31(39)25(3)27-15-9-6-10-16-27/h5-10,13-16,24-25,28-31H,11-12,17-23,38-40H2,1-4H3,(H,41,45)(H,42,46)(H,43,47)/t25-,28-,29-,30-,31-,37?/m1/s1. The molecule has 0 aromatic heterocycles. The van der Waals surface area contributed by atoms with Gasteiger partial charge >= 0.3 is 5.97 Å². The third-order valence-corrected chi connectivity index (χ3v) is 9.19. The van der Waals surface area contributed by atoms with Crippen molar-refractivity contribution in [1.82, 2.24) is 20.9 Å². The van der Waals surface area contributed by atoms with Gasteiger partial charge in [0, 0.05) is 25.4 Å². The van der Waals surface area contributed by atoms with Crippen LogP contribution >= 0.6 is 0 Å². The van der Waals surface area contributed by atoms with E-state index in [1.807, 2.05) is 81.4 Å². The number of hydrogen-bond donors (Lipinski definition) is 6. The second-order valence-corrected chi connectivity index (χ2v) is 13.7. The second-order valence-electron chi connectivity index (χ2n) is 13.7. The van der Waals surface area contributed by atoms with E-state index in [2.05, 4.69) is 16.0 Å². The van der Waals surface area contributed by atoms with Gasteiger partial charge in [0.1, 0.15) is 23.7 Å². The lowest BCUT2D eigenvalue weighted by Crippen LogP contribution is -2.59. The van der Waals surface area contributed by atoms with Crippen LogP contribution in [0.5, 0.6) is 0 Å². The maximum absolute atomic E-state index is 14.0. The normalized spacial score (nSPS) is 18.8. The van der Waals surface area contributed by atoms with Gasteiger partial charge in [0.05, 0.1) is 13.2 Å². The SMILES string of the molecule is COC(=O)C1(N)CCN(C(=O)[C@@H](CCCCN)NC(=O)[C@@H](CC(C)C)NC(=O)[C@@H](Cc2ccccc2)NC(=O)[C@H](N)[C@H](C)c2ccccc2)C1. The fourth-order valence-electron chi connectivity index (χ4n) is 6.13. The minimum atomic E-state index is -1.33. The summed E-state index contributed by atoms with van der Waals surface area (Å²) in [5, 5.41) is 8.56. The van der Waals surface area contributed by atoms with Gasteiger partial charge in [-0.15, -0.1) is 0 Å². The van der Waals surface area contributed by atoms with Crippen LogP contribution in [0.15, 0.2) is 60.7 Å². The van der Waals surface area contributed by atoms with E-state index in [0.717, 1.165) is 11.1 Å². The molecule has 9 N–H and O–H groups in total. The first-order valence-corrected chi connectivity index (χ1v) is 17.4. The number of esters is 1. The topological polar surface area (TPSA) is 212 Å².